The van der Waals surface area contributed by atoms with Gasteiger partial charge in [-0.1, -0.05) is 12.1 Å². The van der Waals surface area contributed by atoms with Crippen LogP contribution < -0.4 is 15.1 Å². The maximum Gasteiger partial charge on any atom is 0.225 e. The van der Waals surface area contributed by atoms with E-state index in [9.17, 15) is 4.79 Å². The Morgan fingerprint density at radius 3 is 2.76 bits per heavy atom. The SMILES string of the molecule is CN(C)c1ccc(CNC(=O)[C@H]2CCCN(c3cnc4nccnc4c3)C2)cc1. The summed E-state index contributed by atoms with van der Waals surface area (Å²) in [5, 5.41) is 3.10. The standard InChI is InChI=1S/C22H26N6O/c1-27(2)18-7-5-16(6-8-18)13-26-22(29)17-4-3-11-28(15-17)19-12-20-21(25-14-19)24-10-9-23-20/h5-10,12,14,17H,3-4,11,13,15H2,1-2H3,(H,26,29)/t17-/m0/s1. The molecule has 0 spiro atoms. The van der Waals surface area contributed by atoms with Crippen LogP contribution >= 0.6 is 0 Å². The van der Waals surface area contributed by atoms with Gasteiger partial charge >= 0.3 is 0 Å². The van der Waals surface area contributed by atoms with E-state index in [1.807, 2.05) is 26.4 Å². The molecule has 1 aliphatic rings. The molecule has 1 fully saturated rings. The molecule has 4 rings (SSSR count). The third-order valence-corrected chi connectivity index (χ3v) is 5.39. The van der Waals surface area contributed by atoms with Crippen LogP contribution in [-0.2, 0) is 11.3 Å². The molecule has 0 unspecified atom stereocenters. The van der Waals surface area contributed by atoms with E-state index in [1.54, 1.807) is 12.4 Å². The molecule has 1 aliphatic heterocycles. The molecule has 29 heavy (non-hydrogen) atoms. The van der Waals surface area contributed by atoms with Crippen molar-refractivity contribution in [3.8, 4) is 0 Å². The molecule has 0 bridgehead atoms. The van der Waals surface area contributed by atoms with Crippen molar-refractivity contribution in [1.82, 2.24) is 20.3 Å². The van der Waals surface area contributed by atoms with Crippen LogP contribution in [0.2, 0.25) is 0 Å². The minimum Gasteiger partial charge on any atom is -0.378 e. The largest absolute Gasteiger partial charge is 0.378 e. The van der Waals surface area contributed by atoms with E-state index in [2.05, 4.69) is 54.3 Å². The monoisotopic (exact) mass is 390 g/mol. The molecule has 7 heteroatoms. The van der Waals surface area contributed by atoms with Crippen LogP contribution in [0.5, 0.6) is 0 Å². The molecule has 0 radical (unpaired) electrons. The summed E-state index contributed by atoms with van der Waals surface area (Å²) in [5.74, 6) is 0.0854. The molecular weight excluding hydrogens is 364 g/mol. The van der Waals surface area contributed by atoms with Crippen LogP contribution in [0.3, 0.4) is 0 Å². The smallest absolute Gasteiger partial charge is 0.225 e. The zero-order chi connectivity index (χ0) is 20.2. The van der Waals surface area contributed by atoms with Gasteiger partial charge in [-0.3, -0.25) is 9.78 Å². The number of carbonyl (C=O) groups is 1. The minimum atomic E-state index is -0.0256. The van der Waals surface area contributed by atoms with Gasteiger partial charge in [-0.2, -0.15) is 0 Å². The van der Waals surface area contributed by atoms with Gasteiger partial charge in [0.05, 0.1) is 17.8 Å². The van der Waals surface area contributed by atoms with E-state index in [4.69, 9.17) is 0 Å². The van der Waals surface area contributed by atoms with Crippen molar-refractivity contribution in [2.24, 2.45) is 5.92 Å². The van der Waals surface area contributed by atoms with E-state index in [0.29, 0.717) is 18.7 Å². The summed E-state index contributed by atoms with van der Waals surface area (Å²) in [7, 11) is 4.03. The lowest BCUT2D eigenvalue weighted by atomic mass is 9.96. The lowest BCUT2D eigenvalue weighted by molar-refractivity contribution is -0.125. The molecule has 0 saturated carbocycles. The Balaban J connectivity index is 1.37. The van der Waals surface area contributed by atoms with E-state index in [-0.39, 0.29) is 11.8 Å². The number of benzene rings is 1. The average Bonchev–Trinajstić information content (AvgIpc) is 2.77. The Labute approximate surface area is 170 Å². The Bertz CT molecular complexity index is 988. The highest BCUT2D eigenvalue weighted by Crippen LogP contribution is 2.24. The summed E-state index contributed by atoms with van der Waals surface area (Å²) in [4.78, 5) is 30.0. The van der Waals surface area contributed by atoms with E-state index >= 15 is 0 Å². The lowest BCUT2D eigenvalue weighted by Crippen LogP contribution is -2.43. The second kappa shape index (κ2) is 8.43. The maximum absolute atomic E-state index is 12.8. The zero-order valence-corrected chi connectivity index (χ0v) is 16.9. The first-order valence-electron chi connectivity index (χ1n) is 9.96. The van der Waals surface area contributed by atoms with Gasteiger partial charge in [-0.25, -0.2) is 9.97 Å². The first-order chi connectivity index (χ1) is 14.1. The maximum atomic E-state index is 12.8. The molecule has 1 atom stereocenters. The lowest BCUT2D eigenvalue weighted by Gasteiger charge is -2.33. The first kappa shape index (κ1) is 19.1. The normalized spacial score (nSPS) is 16.6. The van der Waals surface area contributed by atoms with Crippen molar-refractivity contribution in [1.29, 1.82) is 0 Å². The van der Waals surface area contributed by atoms with Crippen molar-refractivity contribution >= 4 is 28.4 Å². The van der Waals surface area contributed by atoms with Crippen LogP contribution in [0.1, 0.15) is 18.4 Å². The fourth-order valence-corrected chi connectivity index (χ4v) is 3.69. The molecular formula is C22H26N6O. The number of amides is 1. The van der Waals surface area contributed by atoms with Gasteiger partial charge in [0.25, 0.3) is 0 Å². The highest BCUT2D eigenvalue weighted by molar-refractivity contribution is 5.80. The molecule has 150 valence electrons. The van der Waals surface area contributed by atoms with Crippen molar-refractivity contribution in [3.63, 3.8) is 0 Å². The predicted octanol–water partition coefficient (Wildman–Crippen LogP) is 2.62. The molecule has 3 heterocycles. The number of nitrogens with zero attached hydrogens (tertiary/aromatic N) is 5. The average molecular weight is 390 g/mol. The number of fused-ring (bicyclic) bond motifs is 1. The number of pyridine rings is 1. The second-order valence-electron chi connectivity index (χ2n) is 7.66. The van der Waals surface area contributed by atoms with Gasteiger partial charge < -0.3 is 15.1 Å². The Kier molecular flexibility index (Phi) is 5.55. The first-order valence-corrected chi connectivity index (χ1v) is 9.96. The summed E-state index contributed by atoms with van der Waals surface area (Å²) in [6, 6.07) is 10.3. The Hall–Kier alpha value is -3.22. The molecule has 2 aromatic heterocycles. The van der Waals surface area contributed by atoms with Gasteiger partial charge in [-0.15, -0.1) is 0 Å². The number of hydrogen-bond donors (Lipinski definition) is 1. The van der Waals surface area contributed by atoms with Gasteiger partial charge in [-0.05, 0) is 36.6 Å². The number of hydrogen-bond acceptors (Lipinski definition) is 6. The van der Waals surface area contributed by atoms with Gasteiger partial charge in [0.2, 0.25) is 5.91 Å². The van der Waals surface area contributed by atoms with Crippen molar-refractivity contribution < 1.29 is 4.79 Å². The van der Waals surface area contributed by atoms with Gasteiger partial charge in [0, 0.05) is 51.8 Å². The third-order valence-electron chi connectivity index (χ3n) is 5.39. The van der Waals surface area contributed by atoms with E-state index in [0.717, 1.165) is 41.8 Å². The fraction of sp³-hybridized carbons (Fsp3) is 0.364. The Morgan fingerprint density at radius 1 is 1.17 bits per heavy atom. The van der Waals surface area contributed by atoms with Gasteiger partial charge in [0.15, 0.2) is 5.65 Å². The summed E-state index contributed by atoms with van der Waals surface area (Å²) in [5.41, 5.74) is 4.67. The van der Waals surface area contributed by atoms with Crippen molar-refractivity contribution in [3.05, 3.63) is 54.5 Å². The summed E-state index contributed by atoms with van der Waals surface area (Å²) < 4.78 is 0. The van der Waals surface area contributed by atoms with Crippen molar-refractivity contribution in [2.75, 3.05) is 37.0 Å². The number of piperidine rings is 1. The molecule has 0 aliphatic carbocycles. The number of nitrogens with one attached hydrogen (secondary N) is 1. The Morgan fingerprint density at radius 2 is 1.97 bits per heavy atom. The zero-order valence-electron chi connectivity index (χ0n) is 16.9. The topological polar surface area (TPSA) is 74.2 Å². The van der Waals surface area contributed by atoms with Gasteiger partial charge in [0.1, 0.15) is 5.52 Å². The molecule has 1 amide bonds. The molecule has 1 N–H and O–H groups in total. The molecule has 1 aromatic carbocycles. The summed E-state index contributed by atoms with van der Waals surface area (Å²) in [6.07, 6.45) is 7.02. The van der Waals surface area contributed by atoms with E-state index < -0.39 is 0 Å². The third kappa shape index (κ3) is 4.45. The predicted molar refractivity (Wildman–Crippen MR) is 115 cm³/mol. The molecule has 1 saturated heterocycles. The minimum absolute atomic E-state index is 0.0256. The van der Waals surface area contributed by atoms with Crippen LogP contribution in [0, 0.1) is 5.92 Å². The van der Waals surface area contributed by atoms with Crippen LogP contribution in [0.15, 0.2) is 48.9 Å². The highest BCUT2D eigenvalue weighted by Gasteiger charge is 2.26. The van der Waals surface area contributed by atoms with E-state index in [1.165, 1.54) is 0 Å². The summed E-state index contributed by atoms with van der Waals surface area (Å²) in [6.45, 7) is 2.16. The fourth-order valence-electron chi connectivity index (χ4n) is 3.69. The highest BCUT2D eigenvalue weighted by atomic mass is 16.1. The van der Waals surface area contributed by atoms with Crippen LogP contribution in [0.4, 0.5) is 11.4 Å². The molecule has 3 aromatic rings. The quantitative estimate of drug-likeness (QED) is 0.722. The number of rotatable bonds is 5. The molecule has 7 nitrogen and oxygen atoms in total. The van der Waals surface area contributed by atoms with Crippen molar-refractivity contribution in [2.45, 2.75) is 19.4 Å². The number of aromatic nitrogens is 3. The van der Waals surface area contributed by atoms with Crippen LogP contribution in [-0.4, -0.2) is 48.0 Å². The number of anilines is 2. The second-order valence-corrected chi connectivity index (χ2v) is 7.66. The summed E-state index contributed by atoms with van der Waals surface area (Å²) >= 11 is 0. The number of carbonyl (C=O) groups excluding carboxylic acids is 1. The van der Waals surface area contributed by atoms with Crippen LogP contribution in [0.25, 0.3) is 11.2 Å².